The van der Waals surface area contributed by atoms with Crippen molar-refractivity contribution in [2.75, 3.05) is 19.7 Å². The summed E-state index contributed by atoms with van der Waals surface area (Å²) in [5.74, 6) is 2.40. The van der Waals surface area contributed by atoms with Crippen LogP contribution in [-0.2, 0) is 6.54 Å². The normalized spacial score (nSPS) is 11.2. The van der Waals surface area contributed by atoms with Crippen molar-refractivity contribution in [1.82, 2.24) is 25.4 Å². The Morgan fingerprint density at radius 2 is 2.00 bits per heavy atom. The highest BCUT2D eigenvalue weighted by atomic mass is 16.5. The van der Waals surface area contributed by atoms with Crippen LogP contribution in [0.15, 0.2) is 72.1 Å². The van der Waals surface area contributed by atoms with Crippen molar-refractivity contribution >= 4 is 5.96 Å². The Morgan fingerprint density at radius 1 is 1.11 bits per heavy atom. The molecule has 3 rings (SSSR count). The number of hydrogen-bond acceptors (Lipinski definition) is 4. The summed E-state index contributed by atoms with van der Waals surface area (Å²) in [7, 11) is 0. The van der Waals surface area contributed by atoms with Gasteiger partial charge in [-0.25, -0.2) is 14.7 Å². The quantitative estimate of drug-likeness (QED) is 0.365. The molecule has 7 heteroatoms. The molecule has 0 bridgehead atoms. The second-order valence-corrected chi connectivity index (χ2v) is 5.76. The molecule has 27 heavy (non-hydrogen) atoms. The van der Waals surface area contributed by atoms with Crippen molar-refractivity contribution in [2.24, 2.45) is 4.99 Å². The van der Waals surface area contributed by atoms with Crippen molar-refractivity contribution in [1.29, 1.82) is 0 Å². The highest BCUT2D eigenvalue weighted by molar-refractivity contribution is 5.79. The monoisotopic (exact) mass is 364 g/mol. The highest BCUT2D eigenvalue weighted by Gasteiger charge is 2.01. The molecule has 0 aliphatic rings. The van der Waals surface area contributed by atoms with E-state index in [9.17, 15) is 0 Å². The lowest BCUT2D eigenvalue weighted by atomic mass is 10.2. The average molecular weight is 364 g/mol. The molecule has 0 aliphatic heterocycles. The number of ether oxygens (including phenoxy) is 1. The van der Waals surface area contributed by atoms with E-state index in [-0.39, 0.29) is 0 Å². The Hall–Kier alpha value is -3.35. The minimum absolute atomic E-state index is 0.547. The van der Waals surface area contributed by atoms with E-state index in [1.807, 2.05) is 61.7 Å². The van der Waals surface area contributed by atoms with Crippen LogP contribution in [-0.4, -0.2) is 40.4 Å². The van der Waals surface area contributed by atoms with Gasteiger partial charge < -0.3 is 15.4 Å². The fourth-order valence-corrected chi connectivity index (χ4v) is 2.46. The van der Waals surface area contributed by atoms with E-state index >= 15 is 0 Å². The molecule has 0 amide bonds. The first kappa shape index (κ1) is 18.4. The summed E-state index contributed by atoms with van der Waals surface area (Å²) in [6, 6.07) is 15.6. The molecule has 0 aliphatic carbocycles. The van der Waals surface area contributed by atoms with E-state index in [4.69, 9.17) is 4.74 Å². The van der Waals surface area contributed by atoms with Crippen LogP contribution >= 0.6 is 0 Å². The number of para-hydroxylation sites is 1. The van der Waals surface area contributed by atoms with Gasteiger partial charge in [0.1, 0.15) is 12.4 Å². The van der Waals surface area contributed by atoms with Gasteiger partial charge >= 0.3 is 0 Å². The third-order valence-electron chi connectivity index (χ3n) is 3.72. The minimum atomic E-state index is 0.547. The van der Waals surface area contributed by atoms with Gasteiger partial charge in [0.05, 0.1) is 13.1 Å². The van der Waals surface area contributed by atoms with E-state index < -0.39 is 0 Å². The Kier molecular flexibility index (Phi) is 6.80. The summed E-state index contributed by atoms with van der Waals surface area (Å²) >= 11 is 0. The van der Waals surface area contributed by atoms with Crippen LogP contribution < -0.4 is 15.4 Å². The highest BCUT2D eigenvalue weighted by Crippen LogP contribution is 2.08. The predicted octanol–water partition coefficient (Wildman–Crippen LogP) is 2.40. The maximum atomic E-state index is 5.69. The molecule has 0 radical (unpaired) electrons. The summed E-state index contributed by atoms with van der Waals surface area (Å²) in [4.78, 5) is 8.97. The molecular weight excluding hydrogens is 340 g/mol. The molecular formula is C20H24N6O. The van der Waals surface area contributed by atoms with Crippen molar-refractivity contribution in [3.05, 3.63) is 72.7 Å². The number of guanidine groups is 1. The summed E-state index contributed by atoms with van der Waals surface area (Å²) in [6.07, 6.45) is 5.38. The molecule has 0 saturated heterocycles. The Balaban J connectivity index is 1.53. The van der Waals surface area contributed by atoms with Crippen molar-refractivity contribution < 1.29 is 4.74 Å². The number of rotatable bonds is 8. The Labute approximate surface area is 159 Å². The molecule has 0 spiro atoms. The van der Waals surface area contributed by atoms with Gasteiger partial charge in [0, 0.05) is 25.1 Å². The first-order valence-corrected chi connectivity index (χ1v) is 9.00. The number of pyridine rings is 1. The molecule has 0 atom stereocenters. The third-order valence-corrected chi connectivity index (χ3v) is 3.72. The Morgan fingerprint density at radius 3 is 2.78 bits per heavy atom. The molecule has 3 aromatic rings. The molecule has 1 aromatic carbocycles. The molecule has 2 aromatic heterocycles. The molecule has 2 heterocycles. The number of hydrogen-bond donors (Lipinski definition) is 2. The van der Waals surface area contributed by atoms with Gasteiger partial charge in [-0.2, -0.15) is 5.10 Å². The van der Waals surface area contributed by atoms with Crippen molar-refractivity contribution in [3.63, 3.8) is 0 Å². The topological polar surface area (TPSA) is 76.4 Å². The number of aliphatic imine (C=N–C) groups is 1. The van der Waals surface area contributed by atoms with Crippen LogP contribution in [0, 0.1) is 0 Å². The molecule has 2 N–H and O–H groups in total. The van der Waals surface area contributed by atoms with Gasteiger partial charge in [0.2, 0.25) is 0 Å². The summed E-state index contributed by atoms with van der Waals surface area (Å²) < 4.78 is 7.42. The van der Waals surface area contributed by atoms with Gasteiger partial charge in [-0.05, 0) is 42.8 Å². The number of nitrogens with one attached hydrogen (secondary N) is 2. The number of benzene rings is 1. The standard InChI is InChI=1S/C20H24N6O/c1-2-21-20(23-12-14-27-18-7-4-3-5-8-18)24-16-17-9-11-22-19(15-17)26-13-6-10-25-26/h3-11,13,15H,2,12,14,16H2,1H3,(H2,21,23,24). The van der Waals surface area contributed by atoms with Gasteiger partial charge in [0.15, 0.2) is 11.8 Å². The van der Waals surface area contributed by atoms with E-state index in [2.05, 4.69) is 25.7 Å². The van der Waals surface area contributed by atoms with Crippen LogP contribution in [0.1, 0.15) is 12.5 Å². The SMILES string of the molecule is CCNC(=NCc1ccnc(-n2cccn2)c1)NCCOc1ccccc1. The second kappa shape index (κ2) is 9.96. The summed E-state index contributed by atoms with van der Waals surface area (Å²) in [5, 5.41) is 10.7. The summed E-state index contributed by atoms with van der Waals surface area (Å²) in [6.45, 7) is 4.61. The van der Waals surface area contributed by atoms with E-state index in [1.54, 1.807) is 17.1 Å². The van der Waals surface area contributed by atoms with Crippen LogP contribution in [0.25, 0.3) is 5.82 Å². The maximum Gasteiger partial charge on any atom is 0.191 e. The largest absolute Gasteiger partial charge is 0.492 e. The predicted molar refractivity (Wildman–Crippen MR) is 106 cm³/mol. The molecule has 140 valence electrons. The third kappa shape index (κ3) is 5.85. The van der Waals surface area contributed by atoms with E-state index in [0.29, 0.717) is 19.7 Å². The van der Waals surface area contributed by atoms with Crippen LogP contribution in [0.2, 0.25) is 0 Å². The number of nitrogens with zero attached hydrogens (tertiary/aromatic N) is 4. The van der Waals surface area contributed by atoms with E-state index in [1.165, 1.54) is 0 Å². The van der Waals surface area contributed by atoms with Gasteiger partial charge in [0.25, 0.3) is 0 Å². The van der Waals surface area contributed by atoms with Crippen LogP contribution in [0.5, 0.6) is 5.75 Å². The smallest absolute Gasteiger partial charge is 0.191 e. The van der Waals surface area contributed by atoms with Crippen molar-refractivity contribution in [2.45, 2.75) is 13.5 Å². The fourth-order valence-electron chi connectivity index (χ4n) is 2.46. The first-order valence-electron chi connectivity index (χ1n) is 9.00. The fraction of sp³-hybridized carbons (Fsp3) is 0.250. The first-order chi connectivity index (χ1) is 13.3. The van der Waals surface area contributed by atoms with Gasteiger partial charge in [-0.15, -0.1) is 0 Å². The molecule has 0 fully saturated rings. The average Bonchev–Trinajstić information content (AvgIpc) is 3.25. The zero-order valence-electron chi connectivity index (χ0n) is 15.4. The van der Waals surface area contributed by atoms with Crippen molar-refractivity contribution in [3.8, 4) is 11.6 Å². The van der Waals surface area contributed by atoms with E-state index in [0.717, 1.165) is 29.6 Å². The molecule has 7 nitrogen and oxygen atoms in total. The molecule has 0 unspecified atom stereocenters. The maximum absolute atomic E-state index is 5.69. The second-order valence-electron chi connectivity index (χ2n) is 5.76. The summed E-state index contributed by atoms with van der Waals surface area (Å²) in [5.41, 5.74) is 1.06. The van der Waals surface area contributed by atoms with Crippen LogP contribution in [0.3, 0.4) is 0 Å². The lowest BCUT2D eigenvalue weighted by molar-refractivity contribution is 0.322. The lowest BCUT2D eigenvalue weighted by Gasteiger charge is -2.12. The number of aromatic nitrogens is 3. The zero-order chi connectivity index (χ0) is 18.7. The Bertz CT molecular complexity index is 833. The molecule has 0 saturated carbocycles. The minimum Gasteiger partial charge on any atom is -0.492 e. The lowest BCUT2D eigenvalue weighted by Crippen LogP contribution is -2.39. The van der Waals surface area contributed by atoms with Gasteiger partial charge in [-0.1, -0.05) is 18.2 Å². The van der Waals surface area contributed by atoms with Gasteiger partial charge in [-0.3, -0.25) is 0 Å². The zero-order valence-corrected chi connectivity index (χ0v) is 15.4. The van der Waals surface area contributed by atoms with Crippen LogP contribution in [0.4, 0.5) is 0 Å².